The molecule has 34 heavy (non-hydrogen) atoms. The lowest BCUT2D eigenvalue weighted by Crippen LogP contribution is -2.29. The Bertz CT molecular complexity index is 1560. The van der Waals surface area contributed by atoms with Crippen LogP contribution in [-0.2, 0) is 6.54 Å². The zero-order chi connectivity index (χ0) is 23.6. The van der Waals surface area contributed by atoms with Crippen molar-refractivity contribution in [1.29, 1.82) is 0 Å². The molecule has 6 rings (SSSR count). The Morgan fingerprint density at radius 1 is 0.971 bits per heavy atom. The van der Waals surface area contributed by atoms with E-state index in [9.17, 15) is 9.59 Å². The van der Waals surface area contributed by atoms with Crippen molar-refractivity contribution in [3.63, 3.8) is 0 Å². The predicted octanol–water partition coefficient (Wildman–Crippen LogP) is 5.65. The molecule has 0 saturated carbocycles. The van der Waals surface area contributed by atoms with Gasteiger partial charge in [-0.15, -0.1) is 0 Å². The van der Waals surface area contributed by atoms with Gasteiger partial charge in [0.1, 0.15) is 5.58 Å². The van der Waals surface area contributed by atoms with Gasteiger partial charge >= 0.3 is 0 Å². The van der Waals surface area contributed by atoms with E-state index in [1.807, 2.05) is 68.4 Å². The van der Waals surface area contributed by atoms with E-state index in [-0.39, 0.29) is 30.4 Å². The van der Waals surface area contributed by atoms with Crippen molar-refractivity contribution in [2.24, 2.45) is 0 Å². The average molecular weight is 518 g/mol. The fraction of sp³-hybridized carbons (Fsp3) is 0.185. The van der Waals surface area contributed by atoms with E-state index < -0.39 is 6.04 Å². The third kappa shape index (κ3) is 3.22. The summed E-state index contributed by atoms with van der Waals surface area (Å²) in [7, 11) is 0. The third-order valence-electron chi connectivity index (χ3n) is 6.54. The topological polar surface area (TPSA) is 69.0 Å². The third-order valence-corrected chi connectivity index (χ3v) is 7.03. The Hall–Kier alpha value is -3.58. The van der Waals surface area contributed by atoms with Crippen LogP contribution in [-0.4, -0.2) is 17.6 Å². The number of carbonyl (C=O) groups is 1. The minimum Gasteiger partial charge on any atom is -0.454 e. The molecule has 170 valence electrons. The van der Waals surface area contributed by atoms with Gasteiger partial charge in [0.15, 0.2) is 16.9 Å². The zero-order valence-corrected chi connectivity index (χ0v) is 20.1. The molecule has 2 aliphatic rings. The van der Waals surface area contributed by atoms with Crippen molar-refractivity contribution in [1.82, 2.24) is 4.90 Å². The second-order valence-electron chi connectivity index (χ2n) is 8.68. The number of hydrogen-bond donors (Lipinski definition) is 0. The Balaban J connectivity index is 1.54. The molecule has 3 heterocycles. The number of aryl methyl sites for hydroxylation is 2. The molecule has 7 heteroatoms. The molecular weight excluding hydrogens is 498 g/mol. The summed E-state index contributed by atoms with van der Waals surface area (Å²) < 4.78 is 17.9. The summed E-state index contributed by atoms with van der Waals surface area (Å²) in [6.07, 6.45) is 0. The van der Waals surface area contributed by atoms with E-state index in [4.69, 9.17) is 13.9 Å². The largest absolute Gasteiger partial charge is 0.454 e. The van der Waals surface area contributed by atoms with Gasteiger partial charge in [0, 0.05) is 11.0 Å². The highest BCUT2D eigenvalue weighted by molar-refractivity contribution is 9.10. The van der Waals surface area contributed by atoms with Crippen LogP contribution in [0.25, 0.3) is 11.0 Å². The van der Waals surface area contributed by atoms with Gasteiger partial charge in [0.2, 0.25) is 12.6 Å². The standard InChI is InChI=1S/C27H20BrNO5/c1-14-8-19-21(9-15(14)2)34-26-23(25(19)30)24(17-4-3-5-18(28)11-17)29(27(26)31)12-16-6-7-20-22(10-16)33-13-32-20/h3-11,24H,12-13H2,1-2H3. The van der Waals surface area contributed by atoms with Crippen LogP contribution < -0.4 is 14.9 Å². The lowest BCUT2D eigenvalue weighted by atomic mass is 9.97. The molecule has 6 nitrogen and oxygen atoms in total. The molecule has 1 atom stereocenters. The lowest BCUT2D eigenvalue weighted by molar-refractivity contribution is 0.0714. The first-order valence-corrected chi connectivity index (χ1v) is 11.7. The van der Waals surface area contributed by atoms with E-state index >= 15 is 0 Å². The maximum absolute atomic E-state index is 13.8. The number of benzene rings is 3. The minimum atomic E-state index is -0.576. The fourth-order valence-electron chi connectivity index (χ4n) is 4.70. The Morgan fingerprint density at radius 2 is 1.76 bits per heavy atom. The van der Waals surface area contributed by atoms with Crippen molar-refractivity contribution in [2.45, 2.75) is 26.4 Å². The number of nitrogens with zero attached hydrogens (tertiary/aromatic N) is 1. The first-order chi connectivity index (χ1) is 16.4. The fourth-order valence-corrected chi connectivity index (χ4v) is 5.11. The van der Waals surface area contributed by atoms with Crippen LogP contribution in [0.2, 0.25) is 0 Å². The molecule has 1 aromatic heterocycles. The van der Waals surface area contributed by atoms with E-state index in [0.29, 0.717) is 28.0 Å². The van der Waals surface area contributed by atoms with Crippen LogP contribution in [0.5, 0.6) is 11.5 Å². The number of hydrogen-bond acceptors (Lipinski definition) is 5. The molecule has 1 unspecified atom stereocenters. The summed E-state index contributed by atoms with van der Waals surface area (Å²) in [5, 5.41) is 0.486. The predicted molar refractivity (Wildman–Crippen MR) is 130 cm³/mol. The quantitative estimate of drug-likeness (QED) is 0.351. The molecule has 0 radical (unpaired) electrons. The Kier molecular flexibility index (Phi) is 4.78. The molecular formula is C27H20BrNO5. The summed E-state index contributed by atoms with van der Waals surface area (Å²) in [5.41, 5.74) is 4.33. The van der Waals surface area contributed by atoms with Crippen LogP contribution in [0.15, 0.2) is 68.3 Å². The summed E-state index contributed by atoms with van der Waals surface area (Å²) in [5.74, 6) is 1.12. The van der Waals surface area contributed by atoms with Gasteiger partial charge in [0.25, 0.3) is 5.91 Å². The molecule has 0 spiro atoms. The SMILES string of the molecule is Cc1cc2oc3c(c(=O)c2cc1C)C(c1cccc(Br)c1)N(Cc1ccc2c(c1)OCO2)C3=O. The molecule has 2 aliphatic heterocycles. The van der Waals surface area contributed by atoms with Crippen molar-refractivity contribution in [3.8, 4) is 11.5 Å². The highest BCUT2D eigenvalue weighted by Crippen LogP contribution is 2.41. The van der Waals surface area contributed by atoms with Gasteiger partial charge < -0.3 is 18.8 Å². The number of carbonyl (C=O) groups excluding carboxylic acids is 1. The van der Waals surface area contributed by atoms with Crippen molar-refractivity contribution < 1.29 is 18.7 Å². The van der Waals surface area contributed by atoms with Gasteiger partial charge in [-0.1, -0.05) is 34.1 Å². The van der Waals surface area contributed by atoms with Gasteiger partial charge in [-0.25, -0.2) is 0 Å². The zero-order valence-electron chi connectivity index (χ0n) is 18.6. The molecule has 4 aromatic rings. The number of amides is 1. The highest BCUT2D eigenvalue weighted by atomic mass is 79.9. The highest BCUT2D eigenvalue weighted by Gasteiger charge is 2.43. The summed E-state index contributed by atoms with van der Waals surface area (Å²) in [6, 6.07) is 16.4. The number of ether oxygens (including phenoxy) is 2. The Labute approximate surface area is 203 Å². The second-order valence-corrected chi connectivity index (χ2v) is 9.60. The first-order valence-electron chi connectivity index (χ1n) is 10.9. The minimum absolute atomic E-state index is 0.103. The van der Waals surface area contributed by atoms with Gasteiger partial charge in [-0.3, -0.25) is 9.59 Å². The van der Waals surface area contributed by atoms with Gasteiger partial charge in [0.05, 0.1) is 17.0 Å². The molecule has 3 aromatic carbocycles. The van der Waals surface area contributed by atoms with Crippen molar-refractivity contribution >= 4 is 32.8 Å². The Morgan fingerprint density at radius 3 is 2.59 bits per heavy atom. The summed E-state index contributed by atoms with van der Waals surface area (Å²) in [6.45, 7) is 4.38. The van der Waals surface area contributed by atoms with Crippen molar-refractivity contribution in [2.75, 3.05) is 6.79 Å². The summed E-state index contributed by atoms with van der Waals surface area (Å²) >= 11 is 3.53. The maximum atomic E-state index is 13.8. The average Bonchev–Trinajstić information content (AvgIpc) is 3.38. The van der Waals surface area contributed by atoms with Crippen LogP contribution in [0.1, 0.15) is 44.4 Å². The van der Waals surface area contributed by atoms with E-state index in [1.165, 1.54) is 0 Å². The first kappa shape index (κ1) is 21.0. The number of halogens is 1. The molecule has 1 amide bonds. The maximum Gasteiger partial charge on any atom is 0.291 e. The normalized spacial score (nSPS) is 16.4. The number of fused-ring (bicyclic) bond motifs is 3. The monoisotopic (exact) mass is 517 g/mol. The van der Waals surface area contributed by atoms with Crippen LogP contribution in [0, 0.1) is 13.8 Å². The van der Waals surface area contributed by atoms with E-state index in [1.54, 1.807) is 4.90 Å². The number of rotatable bonds is 3. The van der Waals surface area contributed by atoms with Crippen molar-refractivity contribution in [3.05, 3.63) is 103 Å². The van der Waals surface area contributed by atoms with Crippen LogP contribution in [0.3, 0.4) is 0 Å². The molecule has 0 aliphatic carbocycles. The van der Waals surface area contributed by atoms with Gasteiger partial charge in [-0.05, 0) is 72.5 Å². The van der Waals surface area contributed by atoms with Crippen LogP contribution >= 0.6 is 15.9 Å². The lowest BCUT2D eigenvalue weighted by Gasteiger charge is -2.25. The smallest absolute Gasteiger partial charge is 0.291 e. The van der Waals surface area contributed by atoms with Crippen LogP contribution in [0.4, 0.5) is 0 Å². The molecule has 0 fully saturated rings. The van der Waals surface area contributed by atoms with E-state index in [2.05, 4.69) is 15.9 Å². The molecule has 0 bridgehead atoms. The van der Waals surface area contributed by atoms with Gasteiger partial charge in [-0.2, -0.15) is 0 Å². The molecule has 0 saturated heterocycles. The second kappa shape index (κ2) is 7.74. The molecule has 0 N–H and O–H groups in total. The van der Waals surface area contributed by atoms with E-state index in [0.717, 1.165) is 26.7 Å². The summed E-state index contributed by atoms with van der Waals surface area (Å²) in [4.78, 5) is 29.1.